The Morgan fingerprint density at radius 3 is 2.24 bits per heavy atom. The number of nitrogens with two attached hydrogens (primary N) is 1. The maximum atomic E-state index is 12.1. The van der Waals surface area contributed by atoms with E-state index in [0.717, 1.165) is 41.4 Å². The lowest BCUT2D eigenvalue weighted by molar-refractivity contribution is -0.132. The molecule has 10 heteroatoms. The number of carbonyl (C=O) groups excluding carboxylic acids is 2. The number of aromatic nitrogens is 2. The molecule has 37 heavy (non-hydrogen) atoms. The van der Waals surface area contributed by atoms with Crippen LogP contribution in [-0.2, 0) is 9.59 Å². The summed E-state index contributed by atoms with van der Waals surface area (Å²) in [6.45, 7) is 4.94. The lowest BCUT2D eigenvalue weighted by atomic mass is 10.1. The van der Waals surface area contributed by atoms with Gasteiger partial charge in [0.25, 0.3) is 0 Å². The monoisotopic (exact) mass is 502 g/mol. The highest BCUT2D eigenvalue weighted by Gasteiger charge is 2.23. The Bertz CT molecular complexity index is 1200. The van der Waals surface area contributed by atoms with Gasteiger partial charge in [0.2, 0.25) is 17.8 Å². The van der Waals surface area contributed by atoms with Crippen molar-refractivity contribution < 1.29 is 9.59 Å². The molecule has 1 saturated heterocycles. The Balaban J connectivity index is 1.35. The van der Waals surface area contributed by atoms with E-state index in [1.807, 2.05) is 66.4 Å². The molecule has 0 aliphatic carbocycles. The number of hydrogen-bond donors (Lipinski definition) is 3. The van der Waals surface area contributed by atoms with Crippen LogP contribution in [0.25, 0.3) is 11.3 Å². The largest absolute Gasteiger partial charge is 0.368 e. The van der Waals surface area contributed by atoms with Gasteiger partial charge in [0, 0.05) is 55.0 Å². The number of benzene rings is 2. The summed E-state index contributed by atoms with van der Waals surface area (Å²) in [4.78, 5) is 39.0. The zero-order chi connectivity index (χ0) is 26.4. The maximum absolute atomic E-state index is 12.1. The first-order chi connectivity index (χ1) is 17.8. The molecule has 2 amide bonds. The predicted octanol–water partition coefficient (Wildman–Crippen LogP) is 2.38. The molecule has 1 aliphatic rings. The molecule has 4 N–H and O–H groups in total. The van der Waals surface area contributed by atoms with Crippen molar-refractivity contribution in [3.8, 4) is 11.3 Å². The molecule has 2 aromatic carbocycles. The van der Waals surface area contributed by atoms with Crippen molar-refractivity contribution in [2.75, 3.05) is 62.4 Å². The van der Waals surface area contributed by atoms with Crippen LogP contribution in [0.5, 0.6) is 0 Å². The summed E-state index contributed by atoms with van der Waals surface area (Å²) < 4.78 is 0. The number of nitrogens with zero attached hydrogens (tertiary/aromatic N) is 5. The highest BCUT2D eigenvalue weighted by Crippen LogP contribution is 2.24. The van der Waals surface area contributed by atoms with Gasteiger partial charge in [-0.25, -0.2) is 9.97 Å². The van der Waals surface area contributed by atoms with Gasteiger partial charge in [0.05, 0.1) is 18.3 Å². The summed E-state index contributed by atoms with van der Waals surface area (Å²) in [5.41, 5.74) is 10.2. The standard InChI is InChI=1S/C27H34N8O2/c1-19(28)26(37)35-16-14-34(15-17-35)23-10-8-22(9-11-23)31-27-29-13-12-24(32-27)20-4-6-21(7-5-20)30-25(36)18-33(2)3/h4-13,19H,14-18,28H2,1-3H3,(H,30,36)(H,29,31,32)/t19-/m0/s1. The highest BCUT2D eigenvalue weighted by molar-refractivity contribution is 5.92. The Hall–Kier alpha value is -4.02. The van der Waals surface area contributed by atoms with Crippen LogP contribution in [0.15, 0.2) is 60.8 Å². The van der Waals surface area contributed by atoms with Crippen molar-refractivity contribution in [1.82, 2.24) is 19.8 Å². The first-order valence-corrected chi connectivity index (χ1v) is 12.3. The minimum absolute atomic E-state index is 0.00384. The first kappa shape index (κ1) is 26.1. The van der Waals surface area contributed by atoms with Crippen molar-refractivity contribution in [2.24, 2.45) is 5.73 Å². The summed E-state index contributed by atoms with van der Waals surface area (Å²) in [6, 6.07) is 17.1. The molecule has 0 saturated carbocycles. The number of likely N-dealkylation sites (N-methyl/N-ethyl adjacent to an activating group) is 1. The smallest absolute Gasteiger partial charge is 0.239 e. The number of rotatable bonds is 8. The predicted molar refractivity (Wildman–Crippen MR) is 147 cm³/mol. The maximum Gasteiger partial charge on any atom is 0.239 e. The molecule has 1 atom stereocenters. The van der Waals surface area contributed by atoms with Gasteiger partial charge in [-0.1, -0.05) is 12.1 Å². The average Bonchev–Trinajstić information content (AvgIpc) is 2.89. The highest BCUT2D eigenvalue weighted by atomic mass is 16.2. The molecule has 2 heterocycles. The number of anilines is 4. The van der Waals surface area contributed by atoms with Crippen LogP contribution in [-0.4, -0.2) is 84.4 Å². The number of nitrogens with one attached hydrogen (secondary N) is 2. The van der Waals surface area contributed by atoms with Crippen molar-refractivity contribution in [2.45, 2.75) is 13.0 Å². The van der Waals surface area contributed by atoms with E-state index in [1.54, 1.807) is 13.1 Å². The normalized spacial score (nSPS) is 14.4. The van der Waals surface area contributed by atoms with Crippen LogP contribution in [0.3, 0.4) is 0 Å². The van der Waals surface area contributed by atoms with Crippen molar-refractivity contribution >= 4 is 34.8 Å². The van der Waals surface area contributed by atoms with Crippen LogP contribution >= 0.6 is 0 Å². The molecule has 1 aliphatic heterocycles. The minimum Gasteiger partial charge on any atom is -0.368 e. The van der Waals surface area contributed by atoms with Gasteiger partial charge in [-0.15, -0.1) is 0 Å². The van der Waals surface area contributed by atoms with E-state index in [4.69, 9.17) is 5.73 Å². The van der Waals surface area contributed by atoms with Gasteiger partial charge in [-0.2, -0.15) is 0 Å². The molecule has 0 bridgehead atoms. The molecule has 0 radical (unpaired) electrons. The van der Waals surface area contributed by atoms with Crippen molar-refractivity contribution in [3.63, 3.8) is 0 Å². The second-order valence-electron chi connectivity index (χ2n) is 9.40. The van der Waals surface area contributed by atoms with E-state index in [0.29, 0.717) is 25.6 Å². The van der Waals surface area contributed by atoms with E-state index >= 15 is 0 Å². The third-order valence-corrected chi connectivity index (χ3v) is 6.05. The van der Waals surface area contributed by atoms with E-state index in [2.05, 4.69) is 37.6 Å². The summed E-state index contributed by atoms with van der Waals surface area (Å²) >= 11 is 0. The van der Waals surface area contributed by atoms with Gasteiger partial charge >= 0.3 is 0 Å². The van der Waals surface area contributed by atoms with Gasteiger partial charge in [-0.05, 0) is 63.5 Å². The van der Waals surface area contributed by atoms with Gasteiger partial charge in [-0.3, -0.25) is 9.59 Å². The Morgan fingerprint density at radius 2 is 1.62 bits per heavy atom. The molecular weight excluding hydrogens is 468 g/mol. The topological polar surface area (TPSA) is 120 Å². The van der Waals surface area contributed by atoms with Crippen LogP contribution in [0.2, 0.25) is 0 Å². The van der Waals surface area contributed by atoms with Crippen molar-refractivity contribution in [3.05, 3.63) is 60.8 Å². The van der Waals surface area contributed by atoms with Crippen LogP contribution < -0.4 is 21.3 Å². The third-order valence-electron chi connectivity index (χ3n) is 6.05. The van der Waals surface area contributed by atoms with Crippen LogP contribution in [0.4, 0.5) is 23.0 Å². The SMILES string of the molecule is C[C@H](N)C(=O)N1CCN(c2ccc(Nc3nccc(-c4ccc(NC(=O)CN(C)C)cc4)n3)cc2)CC1. The molecular formula is C27H34N8O2. The van der Waals surface area contributed by atoms with Crippen molar-refractivity contribution in [1.29, 1.82) is 0 Å². The quantitative estimate of drug-likeness (QED) is 0.430. The summed E-state index contributed by atoms with van der Waals surface area (Å²) in [5.74, 6) is 0.441. The fraction of sp³-hybridized carbons (Fsp3) is 0.333. The van der Waals surface area contributed by atoms with E-state index < -0.39 is 6.04 Å². The van der Waals surface area contributed by atoms with E-state index in [9.17, 15) is 9.59 Å². The second-order valence-corrected chi connectivity index (χ2v) is 9.40. The molecule has 1 fully saturated rings. The molecule has 1 aromatic heterocycles. The lowest BCUT2D eigenvalue weighted by Gasteiger charge is -2.36. The molecule has 194 valence electrons. The fourth-order valence-corrected chi connectivity index (χ4v) is 4.15. The summed E-state index contributed by atoms with van der Waals surface area (Å²) in [7, 11) is 3.71. The molecule has 3 aromatic rings. The van der Waals surface area contributed by atoms with Gasteiger partial charge < -0.3 is 31.1 Å². The number of amides is 2. The Labute approximate surface area is 217 Å². The molecule has 10 nitrogen and oxygen atoms in total. The summed E-state index contributed by atoms with van der Waals surface area (Å²) in [5, 5.41) is 6.15. The van der Waals surface area contributed by atoms with Crippen LogP contribution in [0, 0.1) is 0 Å². The van der Waals surface area contributed by atoms with E-state index in [-0.39, 0.29) is 11.8 Å². The second kappa shape index (κ2) is 11.8. The fourth-order valence-electron chi connectivity index (χ4n) is 4.15. The third kappa shape index (κ3) is 7.02. The lowest BCUT2D eigenvalue weighted by Crippen LogP contribution is -2.52. The average molecular weight is 503 g/mol. The van der Waals surface area contributed by atoms with E-state index in [1.165, 1.54) is 0 Å². The minimum atomic E-state index is -0.460. The number of carbonyl (C=O) groups is 2. The van der Waals surface area contributed by atoms with Gasteiger partial charge in [0.1, 0.15) is 0 Å². The number of piperazine rings is 1. The summed E-state index contributed by atoms with van der Waals surface area (Å²) in [6.07, 6.45) is 1.72. The zero-order valence-corrected chi connectivity index (χ0v) is 21.5. The number of hydrogen-bond acceptors (Lipinski definition) is 8. The van der Waals surface area contributed by atoms with Gasteiger partial charge in [0.15, 0.2) is 0 Å². The zero-order valence-electron chi connectivity index (χ0n) is 21.5. The Morgan fingerprint density at radius 1 is 0.973 bits per heavy atom. The Kier molecular flexibility index (Phi) is 8.32. The molecule has 4 rings (SSSR count). The molecule has 0 spiro atoms. The van der Waals surface area contributed by atoms with Crippen LogP contribution in [0.1, 0.15) is 6.92 Å². The first-order valence-electron chi connectivity index (χ1n) is 12.3. The molecule has 0 unspecified atom stereocenters.